The van der Waals surface area contributed by atoms with E-state index in [9.17, 15) is 0 Å². The van der Waals surface area contributed by atoms with Crippen molar-refractivity contribution in [3.63, 3.8) is 0 Å². The molecule has 0 fully saturated rings. The maximum absolute atomic E-state index is 6.06. The standard InChI is InChI=1S/C14H14Cl2N2/c15-11-6-7-14(13(16)10-11)18-9-8-17-12-4-2-1-3-5-12/h1-7,10,17-18H,8-9H2. The first-order chi connectivity index (χ1) is 8.75. The number of hydrogen-bond donors (Lipinski definition) is 2. The van der Waals surface area contributed by atoms with Gasteiger partial charge in [0, 0.05) is 23.8 Å². The maximum atomic E-state index is 6.06. The Labute approximate surface area is 117 Å². The average Bonchev–Trinajstić information content (AvgIpc) is 2.38. The fourth-order valence-electron chi connectivity index (χ4n) is 1.59. The molecule has 0 spiro atoms. The highest BCUT2D eigenvalue weighted by Crippen LogP contribution is 2.24. The molecule has 0 aromatic heterocycles. The summed E-state index contributed by atoms with van der Waals surface area (Å²) in [6.45, 7) is 1.61. The Morgan fingerprint density at radius 1 is 0.833 bits per heavy atom. The molecule has 2 rings (SSSR count). The Bertz CT molecular complexity index is 500. The van der Waals surface area contributed by atoms with Crippen molar-refractivity contribution in [3.8, 4) is 0 Å². The largest absolute Gasteiger partial charge is 0.383 e. The van der Waals surface area contributed by atoms with Crippen LogP contribution in [-0.4, -0.2) is 13.1 Å². The fraction of sp³-hybridized carbons (Fsp3) is 0.143. The Hall–Kier alpha value is -1.38. The van der Waals surface area contributed by atoms with Gasteiger partial charge in [-0.15, -0.1) is 0 Å². The topological polar surface area (TPSA) is 24.1 Å². The highest BCUT2D eigenvalue weighted by Gasteiger charge is 1.99. The van der Waals surface area contributed by atoms with E-state index in [2.05, 4.69) is 10.6 Å². The molecule has 18 heavy (non-hydrogen) atoms. The van der Waals surface area contributed by atoms with Crippen molar-refractivity contribution < 1.29 is 0 Å². The number of para-hydroxylation sites is 1. The van der Waals surface area contributed by atoms with Gasteiger partial charge in [0.1, 0.15) is 0 Å². The van der Waals surface area contributed by atoms with E-state index in [0.29, 0.717) is 10.0 Å². The van der Waals surface area contributed by atoms with Gasteiger partial charge in [0.25, 0.3) is 0 Å². The van der Waals surface area contributed by atoms with Gasteiger partial charge in [-0.25, -0.2) is 0 Å². The van der Waals surface area contributed by atoms with E-state index in [4.69, 9.17) is 23.2 Å². The lowest BCUT2D eigenvalue weighted by molar-refractivity contribution is 1.08. The Morgan fingerprint density at radius 2 is 1.56 bits per heavy atom. The van der Waals surface area contributed by atoms with Crippen molar-refractivity contribution in [1.29, 1.82) is 0 Å². The van der Waals surface area contributed by atoms with Gasteiger partial charge in [-0.05, 0) is 30.3 Å². The molecule has 0 aliphatic carbocycles. The lowest BCUT2D eigenvalue weighted by Crippen LogP contribution is -2.13. The van der Waals surface area contributed by atoms with Gasteiger partial charge < -0.3 is 10.6 Å². The Morgan fingerprint density at radius 3 is 2.28 bits per heavy atom. The molecule has 0 saturated carbocycles. The van der Waals surface area contributed by atoms with Crippen LogP contribution in [0.4, 0.5) is 11.4 Å². The molecule has 0 bridgehead atoms. The summed E-state index contributed by atoms with van der Waals surface area (Å²) in [5.41, 5.74) is 2.01. The number of rotatable bonds is 5. The third kappa shape index (κ3) is 3.83. The Kier molecular flexibility index (Phi) is 4.73. The van der Waals surface area contributed by atoms with Crippen molar-refractivity contribution in [3.05, 3.63) is 58.6 Å². The van der Waals surface area contributed by atoms with Crippen LogP contribution >= 0.6 is 23.2 Å². The summed E-state index contributed by atoms with van der Waals surface area (Å²) in [6, 6.07) is 15.5. The van der Waals surface area contributed by atoms with Crippen molar-refractivity contribution in [2.75, 3.05) is 23.7 Å². The van der Waals surface area contributed by atoms with E-state index < -0.39 is 0 Å². The van der Waals surface area contributed by atoms with E-state index in [1.165, 1.54) is 0 Å². The van der Waals surface area contributed by atoms with E-state index in [1.54, 1.807) is 6.07 Å². The van der Waals surface area contributed by atoms with Crippen LogP contribution in [0.5, 0.6) is 0 Å². The monoisotopic (exact) mass is 280 g/mol. The van der Waals surface area contributed by atoms with Gasteiger partial charge in [-0.2, -0.15) is 0 Å². The zero-order chi connectivity index (χ0) is 12.8. The molecule has 0 aliphatic rings. The molecule has 0 radical (unpaired) electrons. The molecule has 2 nitrogen and oxygen atoms in total. The van der Waals surface area contributed by atoms with Crippen LogP contribution in [0, 0.1) is 0 Å². The second-order valence-electron chi connectivity index (χ2n) is 3.84. The number of nitrogens with one attached hydrogen (secondary N) is 2. The molecule has 2 aromatic carbocycles. The predicted octanol–water partition coefficient (Wildman–Crippen LogP) is 4.52. The summed E-state index contributed by atoms with van der Waals surface area (Å²) in [7, 11) is 0. The molecule has 0 aliphatic heterocycles. The summed E-state index contributed by atoms with van der Waals surface area (Å²) in [6.07, 6.45) is 0. The van der Waals surface area contributed by atoms with E-state index in [-0.39, 0.29) is 0 Å². The number of anilines is 2. The van der Waals surface area contributed by atoms with Crippen LogP contribution in [0.1, 0.15) is 0 Å². The summed E-state index contributed by atoms with van der Waals surface area (Å²) >= 11 is 11.9. The average molecular weight is 281 g/mol. The van der Waals surface area contributed by atoms with Gasteiger partial charge in [-0.3, -0.25) is 0 Å². The van der Waals surface area contributed by atoms with Gasteiger partial charge >= 0.3 is 0 Å². The van der Waals surface area contributed by atoms with E-state index >= 15 is 0 Å². The molecule has 0 saturated heterocycles. The lowest BCUT2D eigenvalue weighted by Gasteiger charge is -2.10. The zero-order valence-electron chi connectivity index (χ0n) is 9.79. The molecule has 0 atom stereocenters. The molecular formula is C14H14Cl2N2. The third-order valence-corrected chi connectivity index (χ3v) is 3.02. The lowest BCUT2D eigenvalue weighted by atomic mass is 10.3. The first kappa shape index (κ1) is 13.1. The molecule has 2 aromatic rings. The first-order valence-corrected chi connectivity index (χ1v) is 6.49. The minimum atomic E-state index is 0.641. The number of halogens is 2. The summed E-state index contributed by atoms with van der Waals surface area (Å²) in [4.78, 5) is 0. The van der Waals surface area contributed by atoms with Crippen LogP contribution < -0.4 is 10.6 Å². The van der Waals surface area contributed by atoms with Crippen LogP contribution in [0.15, 0.2) is 48.5 Å². The fourth-order valence-corrected chi connectivity index (χ4v) is 2.07. The highest BCUT2D eigenvalue weighted by atomic mass is 35.5. The number of benzene rings is 2. The summed E-state index contributed by atoms with van der Waals surface area (Å²) in [5, 5.41) is 7.86. The zero-order valence-corrected chi connectivity index (χ0v) is 11.3. The van der Waals surface area contributed by atoms with Crippen molar-refractivity contribution >= 4 is 34.6 Å². The molecule has 94 valence electrons. The molecule has 4 heteroatoms. The number of hydrogen-bond acceptors (Lipinski definition) is 2. The molecular weight excluding hydrogens is 267 g/mol. The first-order valence-electron chi connectivity index (χ1n) is 5.73. The van der Waals surface area contributed by atoms with Crippen molar-refractivity contribution in [2.45, 2.75) is 0 Å². The predicted molar refractivity (Wildman–Crippen MR) is 79.9 cm³/mol. The highest BCUT2D eigenvalue weighted by molar-refractivity contribution is 6.36. The molecule has 0 unspecified atom stereocenters. The minimum Gasteiger partial charge on any atom is -0.383 e. The second kappa shape index (κ2) is 6.53. The Balaban J connectivity index is 1.79. The van der Waals surface area contributed by atoms with E-state index in [0.717, 1.165) is 24.5 Å². The van der Waals surface area contributed by atoms with Gasteiger partial charge in [0.15, 0.2) is 0 Å². The molecule has 2 N–H and O–H groups in total. The minimum absolute atomic E-state index is 0.641. The normalized spacial score (nSPS) is 10.1. The van der Waals surface area contributed by atoms with Gasteiger partial charge in [-0.1, -0.05) is 41.4 Å². The summed E-state index contributed by atoms with van der Waals surface area (Å²) < 4.78 is 0. The van der Waals surface area contributed by atoms with Crippen molar-refractivity contribution in [1.82, 2.24) is 0 Å². The second-order valence-corrected chi connectivity index (χ2v) is 4.69. The van der Waals surface area contributed by atoms with Crippen LogP contribution in [0.25, 0.3) is 0 Å². The quantitative estimate of drug-likeness (QED) is 0.787. The van der Waals surface area contributed by atoms with Crippen LogP contribution in [0.3, 0.4) is 0 Å². The smallest absolute Gasteiger partial charge is 0.0652 e. The van der Waals surface area contributed by atoms with E-state index in [1.807, 2.05) is 42.5 Å². The van der Waals surface area contributed by atoms with Gasteiger partial charge in [0.2, 0.25) is 0 Å². The van der Waals surface area contributed by atoms with Crippen LogP contribution in [-0.2, 0) is 0 Å². The summed E-state index contributed by atoms with van der Waals surface area (Å²) in [5.74, 6) is 0. The maximum Gasteiger partial charge on any atom is 0.0652 e. The van der Waals surface area contributed by atoms with Crippen LogP contribution in [0.2, 0.25) is 10.0 Å². The molecule has 0 amide bonds. The SMILES string of the molecule is Clc1ccc(NCCNc2ccccc2)c(Cl)c1. The van der Waals surface area contributed by atoms with Gasteiger partial charge in [0.05, 0.1) is 10.7 Å². The molecule has 0 heterocycles. The van der Waals surface area contributed by atoms with Crippen molar-refractivity contribution in [2.24, 2.45) is 0 Å². The third-order valence-electron chi connectivity index (χ3n) is 2.47.